The second-order valence-electron chi connectivity index (χ2n) is 5.14. The summed E-state index contributed by atoms with van der Waals surface area (Å²) in [5, 5.41) is 3.22. The summed E-state index contributed by atoms with van der Waals surface area (Å²) in [6, 6.07) is 0. The molecule has 19 heavy (non-hydrogen) atoms. The molecule has 0 amide bonds. The van der Waals surface area contributed by atoms with E-state index in [0.717, 1.165) is 24.3 Å². The van der Waals surface area contributed by atoms with Gasteiger partial charge >= 0.3 is 0 Å². The second kappa shape index (κ2) is 6.70. The largest absolute Gasteiger partial charge is 0.477 e. The Kier molecular flexibility index (Phi) is 5.54. The van der Waals surface area contributed by atoms with Gasteiger partial charge in [0.15, 0.2) is 0 Å². The minimum absolute atomic E-state index is 0.180. The number of anilines is 1. The van der Waals surface area contributed by atoms with E-state index >= 15 is 0 Å². The number of rotatable bonds is 7. The summed E-state index contributed by atoms with van der Waals surface area (Å²) in [6.45, 7) is 11.4. The molecule has 1 N–H and O–H groups in total. The predicted octanol–water partition coefficient (Wildman–Crippen LogP) is 2.72. The van der Waals surface area contributed by atoms with Crippen LogP contribution in [0.1, 0.15) is 38.6 Å². The van der Waals surface area contributed by atoms with Crippen LogP contribution >= 0.6 is 0 Å². The topological polar surface area (TPSA) is 56.3 Å². The van der Waals surface area contributed by atoms with Crippen LogP contribution in [-0.2, 0) is 4.74 Å². The van der Waals surface area contributed by atoms with Gasteiger partial charge in [-0.25, -0.2) is 4.98 Å². The van der Waals surface area contributed by atoms with Crippen LogP contribution < -0.4 is 10.1 Å². The Balaban J connectivity index is 2.73. The van der Waals surface area contributed by atoms with Crippen molar-refractivity contribution in [2.75, 3.05) is 25.6 Å². The van der Waals surface area contributed by atoms with Gasteiger partial charge in [0.25, 0.3) is 0 Å². The van der Waals surface area contributed by atoms with E-state index in [2.05, 4.69) is 15.3 Å². The van der Waals surface area contributed by atoms with Crippen LogP contribution in [0.25, 0.3) is 0 Å². The summed E-state index contributed by atoms with van der Waals surface area (Å²) in [6.07, 6.45) is 0.808. The molecule has 0 fully saturated rings. The molecule has 0 saturated carbocycles. The second-order valence-corrected chi connectivity index (χ2v) is 5.14. The molecular formula is C14H25N3O2. The highest BCUT2D eigenvalue weighted by Crippen LogP contribution is 2.22. The molecule has 0 radical (unpaired) electrons. The molecule has 0 aromatic carbocycles. The maximum Gasteiger partial charge on any atom is 0.221 e. The average Bonchev–Trinajstić information content (AvgIpc) is 2.35. The first-order valence-corrected chi connectivity index (χ1v) is 6.66. The van der Waals surface area contributed by atoms with E-state index in [1.165, 1.54) is 0 Å². The minimum atomic E-state index is -0.180. The zero-order valence-electron chi connectivity index (χ0n) is 12.8. The van der Waals surface area contributed by atoms with Crippen molar-refractivity contribution in [2.24, 2.45) is 0 Å². The lowest BCUT2D eigenvalue weighted by atomic mass is 10.1. The first-order valence-electron chi connectivity index (χ1n) is 6.66. The Labute approximate surface area is 115 Å². The van der Waals surface area contributed by atoms with Crippen LogP contribution in [0.5, 0.6) is 5.88 Å². The van der Waals surface area contributed by atoms with Crippen molar-refractivity contribution < 1.29 is 9.47 Å². The lowest BCUT2D eigenvalue weighted by Gasteiger charge is -2.22. The number of hydrogen-bond acceptors (Lipinski definition) is 5. The van der Waals surface area contributed by atoms with E-state index in [1.54, 1.807) is 7.11 Å². The zero-order valence-corrected chi connectivity index (χ0v) is 12.8. The van der Waals surface area contributed by atoms with E-state index < -0.39 is 0 Å². The smallest absolute Gasteiger partial charge is 0.221 e. The molecule has 0 aliphatic rings. The molecule has 0 bridgehead atoms. The maximum atomic E-state index is 5.77. The standard InChI is InChI=1S/C14H25N3O2/c1-7-15-12-10(2)13(17-11(3)16-12)19-9-8-14(4,5)18-6/h7-9H2,1-6H3,(H,15,16,17). The van der Waals surface area contributed by atoms with E-state index in [0.29, 0.717) is 18.3 Å². The summed E-state index contributed by atoms with van der Waals surface area (Å²) in [7, 11) is 1.71. The molecule has 1 aromatic rings. The normalized spacial score (nSPS) is 11.5. The quantitative estimate of drug-likeness (QED) is 0.823. The monoisotopic (exact) mass is 267 g/mol. The highest BCUT2D eigenvalue weighted by atomic mass is 16.5. The Morgan fingerprint density at radius 2 is 1.89 bits per heavy atom. The molecule has 0 aliphatic heterocycles. The molecule has 1 rings (SSSR count). The molecule has 5 nitrogen and oxygen atoms in total. The molecule has 1 aromatic heterocycles. The average molecular weight is 267 g/mol. The lowest BCUT2D eigenvalue weighted by molar-refractivity contribution is 0.00501. The van der Waals surface area contributed by atoms with Crippen molar-refractivity contribution in [3.63, 3.8) is 0 Å². The third-order valence-electron chi connectivity index (χ3n) is 3.05. The summed E-state index contributed by atoms with van der Waals surface area (Å²) < 4.78 is 11.1. The maximum absolute atomic E-state index is 5.77. The highest BCUT2D eigenvalue weighted by molar-refractivity contribution is 5.48. The molecule has 0 unspecified atom stereocenters. The SMILES string of the molecule is CCNc1nc(C)nc(OCCC(C)(C)OC)c1C. The van der Waals surface area contributed by atoms with Gasteiger partial charge in [-0.05, 0) is 34.6 Å². The van der Waals surface area contributed by atoms with Crippen LogP contribution in [0.2, 0.25) is 0 Å². The molecule has 1 heterocycles. The van der Waals surface area contributed by atoms with Gasteiger partial charge in [-0.15, -0.1) is 0 Å². The Bertz CT molecular complexity index is 419. The molecule has 0 atom stereocenters. The summed E-state index contributed by atoms with van der Waals surface area (Å²) in [5.74, 6) is 2.20. The number of aromatic nitrogens is 2. The van der Waals surface area contributed by atoms with Crippen LogP contribution in [0.4, 0.5) is 5.82 Å². The first-order chi connectivity index (χ1) is 8.89. The number of nitrogens with zero attached hydrogens (tertiary/aromatic N) is 2. The number of aryl methyl sites for hydroxylation is 1. The lowest BCUT2D eigenvalue weighted by Crippen LogP contribution is -2.25. The fraction of sp³-hybridized carbons (Fsp3) is 0.714. The number of ether oxygens (including phenoxy) is 2. The van der Waals surface area contributed by atoms with Crippen molar-refractivity contribution in [3.8, 4) is 5.88 Å². The highest BCUT2D eigenvalue weighted by Gasteiger charge is 2.17. The molecule has 0 aliphatic carbocycles. The zero-order chi connectivity index (χ0) is 14.5. The van der Waals surface area contributed by atoms with Gasteiger partial charge < -0.3 is 14.8 Å². The van der Waals surface area contributed by atoms with Crippen LogP contribution in [0, 0.1) is 13.8 Å². The minimum Gasteiger partial charge on any atom is -0.477 e. The molecule has 0 saturated heterocycles. The van der Waals surface area contributed by atoms with Gasteiger partial charge in [0.05, 0.1) is 17.8 Å². The van der Waals surface area contributed by atoms with Gasteiger partial charge in [-0.1, -0.05) is 0 Å². The van der Waals surface area contributed by atoms with E-state index in [1.807, 2.05) is 34.6 Å². The first kappa shape index (κ1) is 15.7. The number of methoxy groups -OCH3 is 1. The Morgan fingerprint density at radius 1 is 1.21 bits per heavy atom. The number of hydrogen-bond donors (Lipinski definition) is 1. The fourth-order valence-corrected chi connectivity index (χ4v) is 1.58. The van der Waals surface area contributed by atoms with Crippen LogP contribution in [0.15, 0.2) is 0 Å². The van der Waals surface area contributed by atoms with Gasteiger partial charge in [0.1, 0.15) is 11.6 Å². The third-order valence-corrected chi connectivity index (χ3v) is 3.05. The van der Waals surface area contributed by atoms with E-state index in [4.69, 9.17) is 9.47 Å². The van der Waals surface area contributed by atoms with Gasteiger partial charge in [0, 0.05) is 20.1 Å². The predicted molar refractivity (Wildman–Crippen MR) is 76.9 cm³/mol. The summed E-state index contributed by atoms with van der Waals surface area (Å²) in [5.41, 5.74) is 0.767. The Hall–Kier alpha value is -1.36. The van der Waals surface area contributed by atoms with Gasteiger partial charge in [-0.3, -0.25) is 0 Å². The molecule has 5 heteroatoms. The third kappa shape index (κ3) is 4.67. The van der Waals surface area contributed by atoms with Gasteiger partial charge in [-0.2, -0.15) is 4.98 Å². The van der Waals surface area contributed by atoms with Crippen molar-refractivity contribution in [1.29, 1.82) is 0 Å². The van der Waals surface area contributed by atoms with Crippen molar-refractivity contribution in [2.45, 2.75) is 46.6 Å². The van der Waals surface area contributed by atoms with E-state index in [-0.39, 0.29) is 5.60 Å². The summed E-state index contributed by atoms with van der Waals surface area (Å²) >= 11 is 0. The number of nitrogens with one attached hydrogen (secondary N) is 1. The van der Waals surface area contributed by atoms with Crippen molar-refractivity contribution in [1.82, 2.24) is 9.97 Å². The Morgan fingerprint density at radius 3 is 2.47 bits per heavy atom. The van der Waals surface area contributed by atoms with Gasteiger partial charge in [0.2, 0.25) is 5.88 Å². The summed E-state index contributed by atoms with van der Waals surface area (Å²) in [4.78, 5) is 8.72. The molecule has 108 valence electrons. The fourth-order valence-electron chi connectivity index (χ4n) is 1.58. The van der Waals surface area contributed by atoms with E-state index in [9.17, 15) is 0 Å². The van der Waals surface area contributed by atoms with Crippen molar-refractivity contribution >= 4 is 5.82 Å². The van der Waals surface area contributed by atoms with Crippen LogP contribution in [0.3, 0.4) is 0 Å². The molecule has 0 spiro atoms. The van der Waals surface area contributed by atoms with Crippen molar-refractivity contribution in [3.05, 3.63) is 11.4 Å². The molecular weight excluding hydrogens is 242 g/mol. The van der Waals surface area contributed by atoms with Crippen LogP contribution in [-0.4, -0.2) is 35.8 Å².